The first kappa shape index (κ1) is 10.5. The Morgan fingerprint density at radius 1 is 0.647 bits per heavy atom. The van der Waals surface area contributed by atoms with Gasteiger partial charge in [0.05, 0.1) is 0 Å². The van der Waals surface area contributed by atoms with E-state index in [1.807, 2.05) is 36.4 Å². The van der Waals surface area contributed by atoms with E-state index in [2.05, 4.69) is 24.3 Å². The van der Waals surface area contributed by atoms with E-state index in [9.17, 15) is 0 Å². The lowest BCUT2D eigenvalue weighted by atomic mass is 9.99. The Morgan fingerprint density at radius 3 is 1.47 bits per heavy atom. The highest BCUT2D eigenvalue weighted by Crippen LogP contribution is 2.39. The van der Waals surface area contributed by atoms with Gasteiger partial charge in [-0.2, -0.15) is 0 Å². The molecule has 86 valence electrons. The predicted molar refractivity (Wildman–Crippen MR) is 65.4 cm³/mol. The van der Waals surface area contributed by atoms with Crippen molar-refractivity contribution >= 4 is 0 Å². The van der Waals surface area contributed by atoms with Gasteiger partial charge >= 0.3 is 0 Å². The Labute approximate surface area is 101 Å². The summed E-state index contributed by atoms with van der Waals surface area (Å²) in [4.78, 5) is 0. The smallest absolute Gasteiger partial charge is 0.148 e. The molecule has 0 bridgehead atoms. The van der Waals surface area contributed by atoms with Crippen LogP contribution >= 0.6 is 0 Å². The van der Waals surface area contributed by atoms with E-state index in [-0.39, 0.29) is 12.2 Å². The molecule has 0 spiro atoms. The second-order valence-electron chi connectivity index (χ2n) is 4.11. The first-order valence-corrected chi connectivity index (χ1v) is 5.78. The molecule has 0 unspecified atom stereocenters. The third-order valence-electron chi connectivity index (χ3n) is 3.03. The molecule has 0 aliphatic carbocycles. The molecular formula is C15H14O2. The van der Waals surface area contributed by atoms with Crippen LogP contribution in [0.1, 0.15) is 23.3 Å². The molecule has 1 fully saturated rings. The molecule has 1 aliphatic rings. The summed E-state index contributed by atoms with van der Waals surface area (Å²) in [6.07, 6.45) is -0.00259. The molecule has 2 heteroatoms. The number of hydrogen-bond donors (Lipinski definition) is 0. The summed E-state index contributed by atoms with van der Waals surface area (Å²) in [5, 5.41) is 0. The Hall–Kier alpha value is -1.64. The zero-order chi connectivity index (χ0) is 11.5. The molecule has 3 rings (SSSR count). The highest BCUT2D eigenvalue weighted by atomic mass is 16.7. The van der Waals surface area contributed by atoms with Crippen LogP contribution in [0.3, 0.4) is 0 Å². The lowest BCUT2D eigenvalue weighted by molar-refractivity contribution is 0.0382. The minimum absolute atomic E-state index is 0.00130. The van der Waals surface area contributed by atoms with Crippen molar-refractivity contribution in [2.45, 2.75) is 12.2 Å². The average molecular weight is 226 g/mol. The fourth-order valence-corrected chi connectivity index (χ4v) is 2.19. The molecule has 1 aliphatic heterocycles. The molecule has 17 heavy (non-hydrogen) atoms. The molecule has 2 aromatic rings. The van der Waals surface area contributed by atoms with Gasteiger partial charge in [0.1, 0.15) is 19.0 Å². The number of benzene rings is 2. The van der Waals surface area contributed by atoms with Gasteiger partial charge in [0.15, 0.2) is 0 Å². The molecule has 2 atom stereocenters. The highest BCUT2D eigenvalue weighted by Gasteiger charge is 2.31. The largest absolute Gasteiger partial charge is 0.344 e. The fraction of sp³-hybridized carbons (Fsp3) is 0.200. The third kappa shape index (κ3) is 2.09. The first-order valence-electron chi connectivity index (χ1n) is 5.78. The van der Waals surface area contributed by atoms with Gasteiger partial charge in [0.25, 0.3) is 0 Å². The van der Waals surface area contributed by atoms with E-state index in [1.165, 1.54) is 11.1 Å². The van der Waals surface area contributed by atoms with Gasteiger partial charge in [0.2, 0.25) is 0 Å². The van der Waals surface area contributed by atoms with E-state index in [1.54, 1.807) is 0 Å². The average Bonchev–Trinajstić information content (AvgIpc) is 2.90. The first-order chi connectivity index (χ1) is 8.45. The Morgan fingerprint density at radius 2 is 1.06 bits per heavy atom. The van der Waals surface area contributed by atoms with Gasteiger partial charge in [0, 0.05) is 0 Å². The van der Waals surface area contributed by atoms with Crippen molar-refractivity contribution in [2.75, 3.05) is 6.79 Å². The van der Waals surface area contributed by atoms with Crippen molar-refractivity contribution in [3.8, 4) is 0 Å². The molecular weight excluding hydrogens is 212 g/mol. The Bertz CT molecular complexity index is 421. The van der Waals surface area contributed by atoms with Crippen LogP contribution in [0.5, 0.6) is 0 Å². The SMILES string of the molecule is c1ccc([C@@H]2OCO[C@H]2c2ccccc2)cc1. The molecule has 0 N–H and O–H groups in total. The van der Waals surface area contributed by atoms with Gasteiger partial charge in [-0.3, -0.25) is 0 Å². The van der Waals surface area contributed by atoms with Crippen LogP contribution < -0.4 is 0 Å². The van der Waals surface area contributed by atoms with E-state index < -0.39 is 0 Å². The summed E-state index contributed by atoms with van der Waals surface area (Å²) in [5.74, 6) is 0. The maximum Gasteiger partial charge on any atom is 0.148 e. The van der Waals surface area contributed by atoms with E-state index in [0.717, 1.165) is 0 Å². The minimum atomic E-state index is -0.00130. The lowest BCUT2D eigenvalue weighted by Crippen LogP contribution is -2.06. The van der Waals surface area contributed by atoms with Gasteiger partial charge in [-0.15, -0.1) is 0 Å². The maximum atomic E-state index is 5.68. The van der Waals surface area contributed by atoms with Crippen LogP contribution in [-0.4, -0.2) is 6.79 Å². The molecule has 1 heterocycles. The van der Waals surface area contributed by atoms with Gasteiger partial charge in [-0.05, 0) is 11.1 Å². The predicted octanol–water partition coefficient (Wildman–Crippen LogP) is 3.47. The van der Waals surface area contributed by atoms with Gasteiger partial charge < -0.3 is 9.47 Å². The monoisotopic (exact) mass is 226 g/mol. The van der Waals surface area contributed by atoms with Crippen LogP contribution in [0.4, 0.5) is 0 Å². The summed E-state index contributed by atoms with van der Waals surface area (Å²) >= 11 is 0. The summed E-state index contributed by atoms with van der Waals surface area (Å²) < 4.78 is 11.4. The van der Waals surface area contributed by atoms with Crippen LogP contribution in [0.2, 0.25) is 0 Å². The molecule has 0 aromatic heterocycles. The summed E-state index contributed by atoms with van der Waals surface area (Å²) in [6.45, 7) is 0.360. The minimum Gasteiger partial charge on any atom is -0.344 e. The third-order valence-corrected chi connectivity index (χ3v) is 3.03. The van der Waals surface area contributed by atoms with Crippen LogP contribution in [0.25, 0.3) is 0 Å². The van der Waals surface area contributed by atoms with Crippen molar-refractivity contribution in [2.24, 2.45) is 0 Å². The van der Waals surface area contributed by atoms with Crippen LogP contribution in [0.15, 0.2) is 60.7 Å². The number of hydrogen-bond acceptors (Lipinski definition) is 2. The van der Waals surface area contributed by atoms with Crippen molar-refractivity contribution in [1.29, 1.82) is 0 Å². The normalized spacial score (nSPS) is 23.8. The highest BCUT2D eigenvalue weighted by molar-refractivity contribution is 5.25. The van der Waals surface area contributed by atoms with Crippen LogP contribution in [0, 0.1) is 0 Å². The van der Waals surface area contributed by atoms with Gasteiger partial charge in [-0.25, -0.2) is 0 Å². The second-order valence-corrected chi connectivity index (χ2v) is 4.11. The second kappa shape index (κ2) is 4.70. The van der Waals surface area contributed by atoms with E-state index in [4.69, 9.17) is 9.47 Å². The van der Waals surface area contributed by atoms with Gasteiger partial charge in [-0.1, -0.05) is 60.7 Å². The summed E-state index contributed by atoms with van der Waals surface area (Å²) in [5.41, 5.74) is 2.33. The van der Waals surface area contributed by atoms with E-state index >= 15 is 0 Å². The molecule has 0 radical (unpaired) electrons. The molecule has 2 aromatic carbocycles. The fourth-order valence-electron chi connectivity index (χ4n) is 2.19. The zero-order valence-corrected chi connectivity index (χ0v) is 9.45. The molecule has 0 amide bonds. The summed E-state index contributed by atoms with van der Waals surface area (Å²) in [7, 11) is 0. The van der Waals surface area contributed by atoms with Crippen LogP contribution in [-0.2, 0) is 9.47 Å². The van der Waals surface area contributed by atoms with Crippen molar-refractivity contribution < 1.29 is 9.47 Å². The number of rotatable bonds is 2. The zero-order valence-electron chi connectivity index (χ0n) is 9.45. The number of ether oxygens (including phenoxy) is 2. The molecule has 1 saturated heterocycles. The molecule has 0 saturated carbocycles. The van der Waals surface area contributed by atoms with Crippen molar-refractivity contribution in [3.05, 3.63) is 71.8 Å². The Kier molecular flexibility index (Phi) is 2.90. The van der Waals surface area contributed by atoms with Crippen molar-refractivity contribution in [1.82, 2.24) is 0 Å². The summed E-state index contributed by atoms with van der Waals surface area (Å²) in [6, 6.07) is 20.4. The lowest BCUT2D eigenvalue weighted by Gasteiger charge is -2.17. The molecule has 2 nitrogen and oxygen atoms in total. The maximum absolute atomic E-state index is 5.68. The standard InChI is InChI=1S/C15H14O2/c1-3-7-12(8-4-1)14-15(17-11-16-14)13-9-5-2-6-10-13/h1-10,14-15H,11H2/t14-,15-/m0/s1. The van der Waals surface area contributed by atoms with E-state index in [0.29, 0.717) is 6.79 Å². The Balaban J connectivity index is 1.91. The topological polar surface area (TPSA) is 18.5 Å². The quantitative estimate of drug-likeness (QED) is 0.780. The van der Waals surface area contributed by atoms with Crippen molar-refractivity contribution in [3.63, 3.8) is 0 Å².